The van der Waals surface area contributed by atoms with Gasteiger partial charge in [0.05, 0.1) is 29.9 Å². The van der Waals surface area contributed by atoms with Crippen molar-refractivity contribution in [2.45, 2.75) is 32.2 Å². The number of ether oxygens (including phenoxy) is 1. The molecule has 0 saturated heterocycles. The van der Waals surface area contributed by atoms with Crippen molar-refractivity contribution in [1.29, 1.82) is 0 Å². The first-order valence-corrected chi connectivity index (χ1v) is 9.76. The van der Waals surface area contributed by atoms with Crippen molar-refractivity contribution in [3.05, 3.63) is 54.6 Å². The summed E-state index contributed by atoms with van der Waals surface area (Å²) >= 11 is 0. The maximum atomic E-state index is 12.1. The summed E-state index contributed by atoms with van der Waals surface area (Å²) in [6.07, 6.45) is 10.5. The average molecular weight is 391 g/mol. The fraction of sp³-hybridized carbons (Fsp3) is 0.318. The number of methoxy groups -OCH3 is 1. The molecule has 0 saturated carbocycles. The van der Waals surface area contributed by atoms with E-state index in [0.29, 0.717) is 18.7 Å². The highest BCUT2D eigenvalue weighted by atomic mass is 16.5. The Morgan fingerprint density at radius 2 is 2.14 bits per heavy atom. The summed E-state index contributed by atoms with van der Waals surface area (Å²) in [5.74, 6) is 0.918. The number of nitrogen functional groups attached to an aromatic ring is 1. The van der Waals surface area contributed by atoms with Crippen LogP contribution in [0.1, 0.15) is 25.7 Å². The number of carbonyl (C=O) groups excluding carboxylic acids is 1. The topological polar surface area (TPSA) is 109 Å². The number of para-hydroxylation sites is 1. The van der Waals surface area contributed by atoms with Crippen molar-refractivity contribution in [2.24, 2.45) is 11.1 Å². The van der Waals surface area contributed by atoms with Gasteiger partial charge >= 0.3 is 0 Å². The van der Waals surface area contributed by atoms with Gasteiger partial charge in [-0.25, -0.2) is 9.97 Å². The predicted octanol–water partition coefficient (Wildman–Crippen LogP) is 3.30. The number of nitrogens with zero attached hydrogens (tertiary/aromatic N) is 3. The molecule has 2 aromatic heterocycles. The van der Waals surface area contributed by atoms with Crippen molar-refractivity contribution in [3.8, 4) is 0 Å². The third-order valence-corrected chi connectivity index (χ3v) is 5.71. The largest absolute Gasteiger partial charge is 0.497 e. The molecule has 2 heterocycles. The van der Waals surface area contributed by atoms with E-state index >= 15 is 0 Å². The van der Waals surface area contributed by atoms with Crippen LogP contribution >= 0.6 is 0 Å². The van der Waals surface area contributed by atoms with Gasteiger partial charge in [-0.1, -0.05) is 30.7 Å². The van der Waals surface area contributed by atoms with Crippen molar-refractivity contribution in [1.82, 2.24) is 14.5 Å². The van der Waals surface area contributed by atoms with Crippen LogP contribution in [0, 0.1) is 5.41 Å². The molecule has 7 nitrogen and oxygen atoms in total. The quantitative estimate of drug-likeness (QED) is 0.601. The molecular weight excluding hydrogens is 366 g/mol. The number of carbonyl (C=O) groups is 1. The Labute approximate surface area is 169 Å². The number of fused-ring (bicyclic) bond motifs is 3. The molecule has 0 radical (unpaired) electrons. The van der Waals surface area contributed by atoms with Crippen molar-refractivity contribution >= 4 is 33.7 Å². The zero-order valence-corrected chi connectivity index (χ0v) is 16.5. The number of aryl methyl sites for hydroxylation is 1. The van der Waals surface area contributed by atoms with E-state index in [9.17, 15) is 4.79 Å². The van der Waals surface area contributed by atoms with E-state index in [4.69, 9.17) is 16.2 Å². The summed E-state index contributed by atoms with van der Waals surface area (Å²) in [6, 6.07) is 7.93. The van der Waals surface area contributed by atoms with Crippen LogP contribution < -0.4 is 11.5 Å². The van der Waals surface area contributed by atoms with E-state index in [1.54, 1.807) is 7.11 Å². The molecule has 29 heavy (non-hydrogen) atoms. The maximum absolute atomic E-state index is 12.1. The van der Waals surface area contributed by atoms with Crippen molar-refractivity contribution in [2.75, 3.05) is 12.8 Å². The third-order valence-electron chi connectivity index (χ3n) is 5.71. The van der Waals surface area contributed by atoms with Gasteiger partial charge in [-0.15, -0.1) is 0 Å². The lowest BCUT2D eigenvalue weighted by atomic mass is 9.76. The number of nitrogens with two attached hydrogens (primary N) is 2. The second kappa shape index (κ2) is 7.58. The zero-order valence-electron chi connectivity index (χ0n) is 16.5. The van der Waals surface area contributed by atoms with Gasteiger partial charge in [0.1, 0.15) is 11.3 Å². The number of imidazole rings is 1. The van der Waals surface area contributed by atoms with Crippen molar-refractivity contribution < 1.29 is 9.53 Å². The zero-order chi connectivity index (χ0) is 20.4. The fourth-order valence-corrected chi connectivity index (χ4v) is 4.00. The van der Waals surface area contributed by atoms with Crippen LogP contribution in [0.3, 0.4) is 0 Å². The molecule has 150 valence electrons. The van der Waals surface area contributed by atoms with Crippen LogP contribution in [-0.4, -0.2) is 27.6 Å². The van der Waals surface area contributed by atoms with Gasteiger partial charge in [0.2, 0.25) is 5.91 Å². The second-order valence-corrected chi connectivity index (χ2v) is 7.47. The molecule has 0 spiro atoms. The van der Waals surface area contributed by atoms with E-state index in [1.807, 2.05) is 48.8 Å². The van der Waals surface area contributed by atoms with E-state index in [1.165, 1.54) is 0 Å². The number of allylic oxidation sites excluding steroid dienone is 2. The average Bonchev–Trinajstić information content (AvgIpc) is 3.16. The highest BCUT2D eigenvalue weighted by Gasteiger charge is 2.34. The molecule has 7 heteroatoms. The first-order valence-electron chi connectivity index (χ1n) is 9.76. The highest BCUT2D eigenvalue weighted by molar-refractivity contribution is 6.06. The first-order chi connectivity index (χ1) is 14.0. The molecule has 4 N–H and O–H groups in total. The molecule has 3 aromatic rings. The number of pyridine rings is 1. The molecule has 0 fully saturated rings. The number of benzene rings is 1. The Morgan fingerprint density at radius 3 is 2.86 bits per heavy atom. The van der Waals surface area contributed by atoms with Gasteiger partial charge in [-0.3, -0.25) is 4.79 Å². The molecule has 0 aliphatic heterocycles. The first kappa shape index (κ1) is 19.0. The molecule has 1 aromatic carbocycles. The van der Waals surface area contributed by atoms with Crippen LogP contribution in [0.25, 0.3) is 21.9 Å². The standard InChI is InChI=1S/C22H25N5O2/c1-29-15-8-11-22(12-9-15,21(24)28)10-4-5-13-27-14-25-18-19(27)16-6-2-3-7-17(16)26-20(18)23/h2-3,6-9,11,14H,4-5,10,12-13H2,1H3,(H2,23,26)(H2,24,28). The SMILES string of the molecule is COC1=CCC(CCCCn2cnc3c(N)nc4ccccc4c32)(C(N)=O)C=C1. The number of unbranched alkanes of at least 4 members (excludes halogenated alkanes) is 1. The molecular formula is C22H25N5O2. The number of primary amides is 1. The Kier molecular flexibility index (Phi) is 4.96. The number of hydrogen-bond acceptors (Lipinski definition) is 5. The van der Waals surface area contributed by atoms with Crippen LogP contribution in [0.4, 0.5) is 5.82 Å². The molecule has 1 aliphatic rings. The normalized spacial score (nSPS) is 18.9. The van der Waals surface area contributed by atoms with Crippen LogP contribution in [0.5, 0.6) is 0 Å². The van der Waals surface area contributed by atoms with Gasteiger partial charge in [0.25, 0.3) is 0 Å². The number of rotatable bonds is 7. The molecule has 0 bridgehead atoms. The fourth-order valence-electron chi connectivity index (χ4n) is 4.00. The summed E-state index contributed by atoms with van der Waals surface area (Å²) in [5.41, 5.74) is 13.8. The lowest BCUT2D eigenvalue weighted by Crippen LogP contribution is -2.36. The van der Waals surface area contributed by atoms with Gasteiger partial charge in [0.15, 0.2) is 5.82 Å². The molecule has 4 rings (SSSR count). The maximum Gasteiger partial charge on any atom is 0.227 e. The number of anilines is 1. The summed E-state index contributed by atoms with van der Waals surface area (Å²) in [5, 5.41) is 1.04. The molecule has 1 aliphatic carbocycles. The molecule has 1 amide bonds. The van der Waals surface area contributed by atoms with E-state index < -0.39 is 5.41 Å². The molecule has 1 atom stereocenters. The minimum absolute atomic E-state index is 0.293. The predicted molar refractivity (Wildman–Crippen MR) is 114 cm³/mol. The van der Waals surface area contributed by atoms with E-state index in [-0.39, 0.29) is 5.91 Å². The van der Waals surface area contributed by atoms with E-state index in [0.717, 1.165) is 47.1 Å². The third kappa shape index (κ3) is 3.44. The van der Waals surface area contributed by atoms with Crippen LogP contribution in [0.2, 0.25) is 0 Å². The monoisotopic (exact) mass is 391 g/mol. The van der Waals surface area contributed by atoms with Gasteiger partial charge in [-0.05, 0) is 37.5 Å². The summed E-state index contributed by atoms with van der Waals surface area (Å²) in [4.78, 5) is 21.0. The lowest BCUT2D eigenvalue weighted by molar-refractivity contribution is -0.125. The number of hydrogen-bond donors (Lipinski definition) is 2. The second-order valence-electron chi connectivity index (χ2n) is 7.47. The minimum atomic E-state index is -0.639. The lowest BCUT2D eigenvalue weighted by Gasteiger charge is -2.28. The van der Waals surface area contributed by atoms with Crippen molar-refractivity contribution in [3.63, 3.8) is 0 Å². The number of aromatic nitrogens is 3. The Hall–Kier alpha value is -3.35. The minimum Gasteiger partial charge on any atom is -0.497 e. The van der Waals surface area contributed by atoms with Gasteiger partial charge in [0, 0.05) is 11.9 Å². The summed E-state index contributed by atoms with van der Waals surface area (Å²) < 4.78 is 7.34. The summed E-state index contributed by atoms with van der Waals surface area (Å²) in [7, 11) is 1.62. The van der Waals surface area contributed by atoms with Gasteiger partial charge < -0.3 is 20.8 Å². The Morgan fingerprint density at radius 1 is 1.31 bits per heavy atom. The molecule has 1 unspecified atom stereocenters. The van der Waals surface area contributed by atoms with Gasteiger partial charge in [-0.2, -0.15) is 0 Å². The highest BCUT2D eigenvalue weighted by Crippen LogP contribution is 2.35. The Bertz CT molecular complexity index is 1130. The van der Waals surface area contributed by atoms with E-state index in [2.05, 4.69) is 14.5 Å². The number of amides is 1. The van der Waals surface area contributed by atoms with Crippen LogP contribution in [0.15, 0.2) is 54.6 Å². The summed E-state index contributed by atoms with van der Waals surface area (Å²) in [6.45, 7) is 0.779. The Balaban J connectivity index is 1.49. The van der Waals surface area contributed by atoms with Crippen LogP contribution in [-0.2, 0) is 16.1 Å². The smallest absolute Gasteiger partial charge is 0.227 e.